The Labute approximate surface area is 190 Å². The molecule has 10 heteroatoms. The maximum atomic E-state index is 12.9. The Morgan fingerprint density at radius 3 is 2.44 bits per heavy atom. The number of rotatable bonds is 8. The summed E-state index contributed by atoms with van der Waals surface area (Å²) in [6.45, 7) is 2.86. The van der Waals surface area contributed by atoms with Crippen molar-refractivity contribution in [1.82, 2.24) is 10.2 Å². The molecule has 32 heavy (non-hydrogen) atoms. The number of nitrogens with zero attached hydrogens (tertiary/aromatic N) is 1. The van der Waals surface area contributed by atoms with Gasteiger partial charge in [-0.1, -0.05) is 23.7 Å². The first-order valence-corrected chi connectivity index (χ1v) is 10.5. The third kappa shape index (κ3) is 6.27. The van der Waals surface area contributed by atoms with Crippen LogP contribution in [0.3, 0.4) is 0 Å². The Morgan fingerprint density at radius 1 is 1.09 bits per heavy atom. The van der Waals surface area contributed by atoms with E-state index in [0.29, 0.717) is 47.5 Å². The highest BCUT2D eigenvalue weighted by Crippen LogP contribution is 2.32. The summed E-state index contributed by atoms with van der Waals surface area (Å²) in [5.41, 5.74) is 6.49. The zero-order chi connectivity index (χ0) is 23.1. The minimum Gasteiger partial charge on any atom is -0.486 e. The molecule has 4 N–H and O–H groups in total. The molecule has 1 atom stereocenters. The number of likely N-dealkylation sites (N-methyl/N-ethyl adjacent to an activating group) is 1. The molecule has 4 amide bonds. The maximum Gasteiger partial charge on any atom is 0.312 e. The summed E-state index contributed by atoms with van der Waals surface area (Å²) in [4.78, 5) is 38.3. The van der Waals surface area contributed by atoms with Crippen LogP contribution in [0, 0.1) is 0 Å². The second-order valence-corrected chi connectivity index (χ2v) is 7.57. The van der Waals surface area contributed by atoms with Crippen molar-refractivity contribution >= 4 is 35.1 Å². The molecule has 0 spiro atoms. The summed E-state index contributed by atoms with van der Waals surface area (Å²) in [6.07, 6.45) is -0.0598. The van der Waals surface area contributed by atoms with Gasteiger partial charge in [-0.25, -0.2) is 4.79 Å². The van der Waals surface area contributed by atoms with Crippen molar-refractivity contribution in [3.63, 3.8) is 0 Å². The maximum absolute atomic E-state index is 12.9. The first-order chi connectivity index (χ1) is 15.4. The van der Waals surface area contributed by atoms with Crippen LogP contribution in [0.1, 0.15) is 24.9 Å². The van der Waals surface area contributed by atoms with Gasteiger partial charge in [0.1, 0.15) is 13.2 Å². The number of amides is 4. The molecule has 0 unspecified atom stereocenters. The van der Waals surface area contributed by atoms with Crippen LogP contribution in [0.25, 0.3) is 0 Å². The van der Waals surface area contributed by atoms with Crippen molar-refractivity contribution in [3.05, 3.63) is 53.1 Å². The van der Waals surface area contributed by atoms with E-state index in [1.165, 1.54) is 4.90 Å². The lowest BCUT2D eigenvalue weighted by Crippen LogP contribution is -2.41. The quantitative estimate of drug-likeness (QED) is 0.559. The second kappa shape index (κ2) is 10.7. The first-order valence-electron chi connectivity index (χ1n) is 10.1. The van der Waals surface area contributed by atoms with E-state index in [1.54, 1.807) is 49.4 Å². The zero-order valence-electron chi connectivity index (χ0n) is 17.6. The van der Waals surface area contributed by atoms with Crippen molar-refractivity contribution in [2.24, 2.45) is 5.73 Å². The van der Waals surface area contributed by atoms with Gasteiger partial charge in [-0.2, -0.15) is 0 Å². The Bertz CT molecular complexity index is 983. The number of urea groups is 1. The van der Waals surface area contributed by atoms with Crippen LogP contribution < -0.4 is 25.8 Å². The molecule has 0 saturated heterocycles. The van der Waals surface area contributed by atoms with E-state index in [2.05, 4.69) is 10.6 Å². The smallest absolute Gasteiger partial charge is 0.312 e. The number of carbonyl (C=O) groups is 3. The topological polar surface area (TPSA) is 123 Å². The fourth-order valence-electron chi connectivity index (χ4n) is 3.29. The van der Waals surface area contributed by atoms with Gasteiger partial charge < -0.3 is 30.7 Å². The van der Waals surface area contributed by atoms with Gasteiger partial charge in [0.2, 0.25) is 11.8 Å². The van der Waals surface area contributed by atoms with Crippen molar-refractivity contribution < 1.29 is 23.9 Å². The normalized spacial score (nSPS) is 13.1. The fraction of sp³-hybridized carbons (Fsp3) is 0.318. The van der Waals surface area contributed by atoms with Crippen LogP contribution >= 0.6 is 11.6 Å². The summed E-state index contributed by atoms with van der Waals surface area (Å²) in [5.74, 6) is 0.511. The van der Waals surface area contributed by atoms with E-state index in [4.69, 9.17) is 26.8 Å². The molecule has 170 valence electrons. The molecule has 0 saturated carbocycles. The zero-order valence-corrected chi connectivity index (χ0v) is 18.4. The molecule has 0 fully saturated rings. The van der Waals surface area contributed by atoms with Gasteiger partial charge in [0, 0.05) is 23.3 Å². The highest BCUT2D eigenvalue weighted by molar-refractivity contribution is 6.30. The molecule has 0 aromatic heterocycles. The number of ether oxygens (including phenoxy) is 2. The van der Waals surface area contributed by atoms with Crippen LogP contribution in [0.15, 0.2) is 42.5 Å². The predicted molar refractivity (Wildman–Crippen MR) is 120 cm³/mol. The van der Waals surface area contributed by atoms with Crippen LogP contribution in [0.5, 0.6) is 11.5 Å². The Hall–Kier alpha value is -3.46. The molecule has 3 rings (SSSR count). The minimum atomic E-state index is -0.753. The van der Waals surface area contributed by atoms with Gasteiger partial charge in [-0.15, -0.1) is 0 Å². The highest BCUT2D eigenvalue weighted by atomic mass is 35.5. The van der Waals surface area contributed by atoms with Crippen LogP contribution in [-0.4, -0.2) is 49.0 Å². The summed E-state index contributed by atoms with van der Waals surface area (Å²) in [7, 11) is 0. The van der Waals surface area contributed by atoms with Crippen molar-refractivity contribution in [2.45, 2.75) is 19.4 Å². The molecular weight excluding hydrogens is 436 g/mol. The van der Waals surface area contributed by atoms with Crippen LogP contribution in [-0.2, 0) is 9.59 Å². The Balaban J connectivity index is 1.63. The molecule has 9 nitrogen and oxygen atoms in total. The summed E-state index contributed by atoms with van der Waals surface area (Å²) >= 11 is 5.92. The molecule has 1 aliphatic rings. The number of nitrogens with two attached hydrogens (primary N) is 1. The van der Waals surface area contributed by atoms with Gasteiger partial charge >= 0.3 is 6.03 Å². The molecule has 1 aliphatic heterocycles. The summed E-state index contributed by atoms with van der Waals surface area (Å²) in [5, 5.41) is 5.86. The van der Waals surface area contributed by atoms with Crippen LogP contribution in [0.2, 0.25) is 5.02 Å². The first kappa shape index (κ1) is 23.2. The predicted octanol–water partition coefficient (Wildman–Crippen LogP) is 2.70. The van der Waals surface area contributed by atoms with E-state index < -0.39 is 12.1 Å². The number of primary amides is 1. The monoisotopic (exact) mass is 460 g/mol. The van der Waals surface area contributed by atoms with E-state index in [-0.39, 0.29) is 24.8 Å². The molecule has 1 heterocycles. The Kier molecular flexibility index (Phi) is 7.77. The number of hydrogen-bond donors (Lipinski definition) is 3. The van der Waals surface area contributed by atoms with Gasteiger partial charge in [-0.05, 0) is 36.8 Å². The molecule has 0 radical (unpaired) electrons. The summed E-state index contributed by atoms with van der Waals surface area (Å²) < 4.78 is 11.0. The van der Waals surface area contributed by atoms with E-state index in [9.17, 15) is 14.4 Å². The molecule has 2 aromatic carbocycles. The van der Waals surface area contributed by atoms with Gasteiger partial charge in [0.05, 0.1) is 19.0 Å². The number of fused-ring (bicyclic) bond motifs is 1. The van der Waals surface area contributed by atoms with Gasteiger partial charge in [-0.3, -0.25) is 9.59 Å². The number of benzene rings is 2. The molecular formula is C22H25ClN4O5. The SMILES string of the molecule is CCN(CC(=O)Nc1ccc2c(c1)OCCO2)C(=O)C[C@H](NC(N)=O)c1ccc(Cl)cc1. The average Bonchev–Trinajstić information content (AvgIpc) is 2.77. The molecule has 0 bridgehead atoms. The third-order valence-electron chi connectivity index (χ3n) is 4.86. The lowest BCUT2D eigenvalue weighted by Gasteiger charge is -2.24. The number of anilines is 1. The lowest BCUT2D eigenvalue weighted by molar-refractivity contribution is -0.134. The van der Waals surface area contributed by atoms with E-state index in [0.717, 1.165) is 0 Å². The standard InChI is InChI=1S/C22H25ClN4O5/c1-2-27(13-20(28)25-16-7-8-18-19(11-16)32-10-9-31-18)21(29)12-17(26-22(24)30)14-3-5-15(23)6-4-14/h3-8,11,17H,2,9-10,12-13H2,1H3,(H,25,28)(H3,24,26,30)/t17-/m0/s1. The lowest BCUT2D eigenvalue weighted by atomic mass is 10.0. The number of halogens is 1. The fourth-order valence-corrected chi connectivity index (χ4v) is 3.42. The molecule has 0 aliphatic carbocycles. The average molecular weight is 461 g/mol. The van der Waals surface area contributed by atoms with E-state index >= 15 is 0 Å². The minimum absolute atomic E-state index is 0.0598. The number of hydrogen-bond acceptors (Lipinski definition) is 5. The summed E-state index contributed by atoms with van der Waals surface area (Å²) in [6, 6.07) is 10.4. The molecule has 2 aromatic rings. The largest absolute Gasteiger partial charge is 0.486 e. The van der Waals surface area contributed by atoms with Gasteiger partial charge in [0.25, 0.3) is 0 Å². The highest BCUT2D eigenvalue weighted by Gasteiger charge is 2.23. The number of carbonyl (C=O) groups excluding carboxylic acids is 3. The third-order valence-corrected chi connectivity index (χ3v) is 5.11. The van der Waals surface area contributed by atoms with Crippen molar-refractivity contribution in [3.8, 4) is 11.5 Å². The number of nitrogens with one attached hydrogen (secondary N) is 2. The Morgan fingerprint density at radius 2 is 1.78 bits per heavy atom. The van der Waals surface area contributed by atoms with E-state index in [1.807, 2.05) is 0 Å². The second-order valence-electron chi connectivity index (χ2n) is 7.13. The van der Waals surface area contributed by atoms with Crippen molar-refractivity contribution in [2.75, 3.05) is 31.6 Å². The van der Waals surface area contributed by atoms with Crippen molar-refractivity contribution in [1.29, 1.82) is 0 Å². The van der Waals surface area contributed by atoms with Crippen LogP contribution in [0.4, 0.5) is 10.5 Å². The van der Waals surface area contributed by atoms with Gasteiger partial charge in [0.15, 0.2) is 11.5 Å².